The average Bonchev–Trinajstić information content (AvgIpc) is 3.08. The largest absolute Gasteiger partial charge is 0.254 e. The van der Waals surface area contributed by atoms with Crippen LogP contribution in [-0.4, -0.2) is 19.9 Å². The van der Waals surface area contributed by atoms with Crippen molar-refractivity contribution in [2.75, 3.05) is 0 Å². The third kappa shape index (κ3) is 4.36. The van der Waals surface area contributed by atoms with Gasteiger partial charge in [0.15, 0.2) is 5.82 Å². The zero-order valence-electron chi connectivity index (χ0n) is 22.6. The SMILES string of the molecule is c1ccc2cc(-c3ncc(-c4ccc(-c5ccc(-c6ccc7ccc8cccnc8c7n6)cc5)cc4)cn3)ccc2c1. The molecule has 0 spiro atoms. The van der Waals surface area contributed by atoms with Crippen LogP contribution in [0.15, 0.2) is 146 Å². The minimum atomic E-state index is 0.728. The van der Waals surface area contributed by atoms with E-state index in [4.69, 9.17) is 4.98 Å². The van der Waals surface area contributed by atoms with Gasteiger partial charge in [-0.2, -0.15) is 0 Å². The number of nitrogens with zero attached hydrogens (tertiary/aromatic N) is 4. The molecular weight excluding hydrogens is 512 g/mol. The first-order valence-electron chi connectivity index (χ1n) is 14.0. The van der Waals surface area contributed by atoms with Crippen molar-refractivity contribution >= 4 is 32.6 Å². The lowest BCUT2D eigenvalue weighted by Gasteiger charge is -2.08. The molecule has 3 aromatic heterocycles. The third-order valence-electron chi connectivity index (χ3n) is 7.82. The molecule has 8 aromatic rings. The molecule has 4 nitrogen and oxygen atoms in total. The molecule has 0 aliphatic carbocycles. The maximum atomic E-state index is 4.99. The summed E-state index contributed by atoms with van der Waals surface area (Å²) in [5, 5.41) is 4.59. The molecule has 196 valence electrons. The van der Waals surface area contributed by atoms with E-state index < -0.39 is 0 Å². The predicted octanol–water partition coefficient (Wildman–Crippen LogP) is 9.39. The Morgan fingerprint density at radius 3 is 1.64 bits per heavy atom. The Balaban J connectivity index is 1.03. The van der Waals surface area contributed by atoms with Crippen LogP contribution in [-0.2, 0) is 0 Å². The second kappa shape index (κ2) is 10.0. The second-order valence-corrected chi connectivity index (χ2v) is 10.4. The highest BCUT2D eigenvalue weighted by Gasteiger charge is 2.08. The topological polar surface area (TPSA) is 51.6 Å². The quantitative estimate of drug-likeness (QED) is 0.210. The van der Waals surface area contributed by atoms with E-state index in [9.17, 15) is 0 Å². The molecule has 5 aromatic carbocycles. The minimum Gasteiger partial charge on any atom is -0.254 e. The lowest BCUT2D eigenvalue weighted by molar-refractivity contribution is 1.18. The van der Waals surface area contributed by atoms with Crippen LogP contribution in [0.25, 0.3) is 77.5 Å². The normalized spacial score (nSPS) is 11.3. The van der Waals surface area contributed by atoms with E-state index in [1.165, 1.54) is 10.8 Å². The Hall–Kier alpha value is -5.74. The number of fused-ring (bicyclic) bond motifs is 4. The Kier molecular flexibility index (Phi) is 5.75. The van der Waals surface area contributed by atoms with E-state index in [-0.39, 0.29) is 0 Å². The number of aromatic nitrogens is 4. The van der Waals surface area contributed by atoms with Gasteiger partial charge < -0.3 is 0 Å². The van der Waals surface area contributed by atoms with Gasteiger partial charge in [0.25, 0.3) is 0 Å². The summed E-state index contributed by atoms with van der Waals surface area (Å²) in [6, 6.07) is 44.2. The van der Waals surface area contributed by atoms with Crippen molar-refractivity contribution in [1.29, 1.82) is 0 Å². The van der Waals surface area contributed by atoms with Crippen LogP contribution < -0.4 is 0 Å². The summed E-state index contributed by atoms with van der Waals surface area (Å²) in [6.45, 7) is 0. The van der Waals surface area contributed by atoms with E-state index in [1.54, 1.807) is 0 Å². The van der Waals surface area contributed by atoms with E-state index in [2.05, 4.69) is 136 Å². The number of hydrogen-bond acceptors (Lipinski definition) is 4. The van der Waals surface area contributed by atoms with Gasteiger partial charge in [0.2, 0.25) is 0 Å². The molecule has 0 N–H and O–H groups in total. The van der Waals surface area contributed by atoms with Gasteiger partial charge in [0, 0.05) is 46.1 Å². The molecule has 8 rings (SSSR count). The summed E-state index contributed by atoms with van der Waals surface area (Å²) in [4.78, 5) is 18.9. The van der Waals surface area contributed by atoms with E-state index in [1.807, 2.05) is 24.7 Å². The van der Waals surface area contributed by atoms with Crippen molar-refractivity contribution < 1.29 is 0 Å². The van der Waals surface area contributed by atoms with Crippen LogP contribution in [0.4, 0.5) is 0 Å². The van der Waals surface area contributed by atoms with E-state index >= 15 is 0 Å². The Labute approximate surface area is 243 Å². The monoisotopic (exact) mass is 536 g/mol. The summed E-state index contributed by atoms with van der Waals surface area (Å²) >= 11 is 0. The molecule has 4 heteroatoms. The van der Waals surface area contributed by atoms with Crippen LogP contribution in [0.5, 0.6) is 0 Å². The number of rotatable bonds is 4. The molecule has 42 heavy (non-hydrogen) atoms. The first-order valence-corrected chi connectivity index (χ1v) is 14.0. The van der Waals surface area contributed by atoms with Gasteiger partial charge in [0.05, 0.1) is 16.7 Å². The van der Waals surface area contributed by atoms with Crippen LogP contribution in [0, 0.1) is 0 Å². The van der Waals surface area contributed by atoms with Crippen molar-refractivity contribution in [2.24, 2.45) is 0 Å². The van der Waals surface area contributed by atoms with Gasteiger partial charge >= 0.3 is 0 Å². The van der Waals surface area contributed by atoms with E-state index in [0.717, 1.165) is 66.7 Å². The molecule has 0 unspecified atom stereocenters. The maximum Gasteiger partial charge on any atom is 0.159 e. The van der Waals surface area contributed by atoms with Crippen LogP contribution in [0.1, 0.15) is 0 Å². The standard InChI is InChI=1S/C38H24N4/c1-2-5-32-22-33(18-13-25(32)4-1)38-40-23-34(24-41-38)28-9-7-26(8-10-28)27-11-14-29(15-12-27)35-20-19-31-17-16-30-6-3-21-39-36(30)37(31)42-35/h1-24H. The Morgan fingerprint density at radius 1 is 0.357 bits per heavy atom. The molecule has 0 saturated carbocycles. The van der Waals surface area contributed by atoms with Crippen molar-refractivity contribution in [3.05, 3.63) is 146 Å². The molecular formula is C38H24N4. The number of hydrogen-bond donors (Lipinski definition) is 0. The van der Waals surface area contributed by atoms with Crippen molar-refractivity contribution in [1.82, 2.24) is 19.9 Å². The fourth-order valence-corrected chi connectivity index (χ4v) is 5.53. The van der Waals surface area contributed by atoms with Crippen LogP contribution in [0.3, 0.4) is 0 Å². The number of pyridine rings is 2. The molecule has 0 aliphatic rings. The summed E-state index contributed by atoms with van der Waals surface area (Å²) in [6.07, 6.45) is 5.62. The first-order chi connectivity index (χ1) is 20.8. The lowest BCUT2D eigenvalue weighted by Crippen LogP contribution is -1.90. The van der Waals surface area contributed by atoms with Crippen molar-refractivity contribution in [2.45, 2.75) is 0 Å². The van der Waals surface area contributed by atoms with Gasteiger partial charge in [-0.3, -0.25) is 4.98 Å². The minimum absolute atomic E-state index is 0.728. The van der Waals surface area contributed by atoms with Crippen molar-refractivity contribution in [3.8, 4) is 44.9 Å². The fraction of sp³-hybridized carbons (Fsp3) is 0. The van der Waals surface area contributed by atoms with Gasteiger partial charge in [-0.15, -0.1) is 0 Å². The molecule has 0 atom stereocenters. The lowest BCUT2D eigenvalue weighted by atomic mass is 9.99. The summed E-state index contributed by atoms with van der Waals surface area (Å²) in [5.41, 5.74) is 9.28. The summed E-state index contributed by atoms with van der Waals surface area (Å²) in [5.74, 6) is 0.728. The van der Waals surface area contributed by atoms with Gasteiger partial charge in [0.1, 0.15) is 0 Å². The zero-order chi connectivity index (χ0) is 27.9. The second-order valence-electron chi connectivity index (χ2n) is 10.4. The summed E-state index contributed by atoms with van der Waals surface area (Å²) < 4.78 is 0. The third-order valence-corrected chi connectivity index (χ3v) is 7.82. The van der Waals surface area contributed by atoms with Crippen molar-refractivity contribution in [3.63, 3.8) is 0 Å². The van der Waals surface area contributed by atoms with Gasteiger partial charge in [-0.05, 0) is 45.7 Å². The Bertz CT molecular complexity index is 2220. The molecule has 0 saturated heterocycles. The molecule has 0 amide bonds. The van der Waals surface area contributed by atoms with Crippen LogP contribution >= 0.6 is 0 Å². The van der Waals surface area contributed by atoms with Gasteiger partial charge in [-0.25, -0.2) is 15.0 Å². The maximum absolute atomic E-state index is 4.99. The highest BCUT2D eigenvalue weighted by molar-refractivity contribution is 6.03. The molecule has 0 radical (unpaired) electrons. The number of benzene rings is 5. The molecule has 0 bridgehead atoms. The fourth-order valence-electron chi connectivity index (χ4n) is 5.53. The molecule has 0 fully saturated rings. The Morgan fingerprint density at radius 2 is 0.905 bits per heavy atom. The van der Waals surface area contributed by atoms with Crippen LogP contribution in [0.2, 0.25) is 0 Å². The van der Waals surface area contributed by atoms with E-state index in [0.29, 0.717) is 0 Å². The predicted molar refractivity (Wildman–Crippen MR) is 172 cm³/mol. The average molecular weight is 537 g/mol. The van der Waals surface area contributed by atoms with Gasteiger partial charge in [-0.1, -0.05) is 109 Å². The zero-order valence-corrected chi connectivity index (χ0v) is 22.6. The summed E-state index contributed by atoms with van der Waals surface area (Å²) in [7, 11) is 0. The molecule has 3 heterocycles. The highest BCUT2D eigenvalue weighted by atomic mass is 14.9. The highest BCUT2D eigenvalue weighted by Crippen LogP contribution is 2.30. The smallest absolute Gasteiger partial charge is 0.159 e. The first kappa shape index (κ1) is 24.1. The molecule has 0 aliphatic heterocycles.